The number of carbonyl (C=O) groups excluding carboxylic acids is 2. The molecule has 0 saturated carbocycles. The molecule has 1 unspecified atom stereocenters. The highest BCUT2D eigenvalue weighted by Gasteiger charge is 2.27. The lowest BCUT2D eigenvalue weighted by atomic mass is 10.1. The van der Waals surface area contributed by atoms with E-state index in [-0.39, 0.29) is 16.4 Å². The summed E-state index contributed by atoms with van der Waals surface area (Å²) in [5.41, 5.74) is 1.83. The van der Waals surface area contributed by atoms with Crippen molar-refractivity contribution in [2.45, 2.75) is 23.8 Å². The third-order valence-corrected chi connectivity index (χ3v) is 4.84. The van der Waals surface area contributed by atoms with Gasteiger partial charge in [0.15, 0.2) is 6.10 Å². The summed E-state index contributed by atoms with van der Waals surface area (Å²) in [4.78, 5) is 24.4. The van der Waals surface area contributed by atoms with Gasteiger partial charge in [0.25, 0.3) is 5.91 Å². The Morgan fingerprint density at radius 1 is 1.12 bits per heavy atom. The number of ether oxygens (including phenoxy) is 1. The number of benzene rings is 2. The van der Waals surface area contributed by atoms with Crippen molar-refractivity contribution >= 4 is 27.6 Å². The molecule has 1 amide bonds. The maximum Gasteiger partial charge on any atom is 0.338 e. The maximum absolute atomic E-state index is 12.2. The van der Waals surface area contributed by atoms with Gasteiger partial charge < -0.3 is 10.1 Å². The second-order valence-electron chi connectivity index (χ2n) is 5.65. The normalized spacial score (nSPS) is 17.2. The van der Waals surface area contributed by atoms with Crippen molar-refractivity contribution in [3.63, 3.8) is 0 Å². The topological polar surface area (TPSA) is 116 Å². The zero-order chi connectivity index (χ0) is 18.0. The van der Waals surface area contributed by atoms with Crippen molar-refractivity contribution in [1.82, 2.24) is 0 Å². The number of fused-ring (bicyclic) bond motifs is 1. The van der Waals surface area contributed by atoms with Crippen LogP contribution in [0.5, 0.6) is 0 Å². The van der Waals surface area contributed by atoms with Crippen LogP contribution in [0.15, 0.2) is 53.4 Å². The standard InChI is InChI=1S/C17H16N2O5S/c18-25(22,23)13-8-5-12(6-9-13)17(21)24-15-10-7-11-3-1-2-4-14(11)19-16(15)20/h1-6,8-9,15H,7,10H2,(H,19,20)(H2,18,22,23). The molecule has 1 aliphatic rings. The highest BCUT2D eigenvalue weighted by atomic mass is 32.2. The van der Waals surface area contributed by atoms with Gasteiger partial charge in [0, 0.05) is 5.69 Å². The molecule has 1 aliphatic heterocycles. The summed E-state index contributed by atoms with van der Waals surface area (Å²) < 4.78 is 27.8. The Kier molecular flexibility index (Phi) is 4.56. The number of nitrogens with one attached hydrogen (secondary N) is 1. The molecule has 0 fully saturated rings. The van der Waals surface area contributed by atoms with Crippen molar-refractivity contribution in [2.75, 3.05) is 5.32 Å². The molecular formula is C17H16N2O5S. The van der Waals surface area contributed by atoms with Crippen LogP contribution in [0.2, 0.25) is 0 Å². The third-order valence-electron chi connectivity index (χ3n) is 3.91. The second kappa shape index (κ2) is 6.66. The minimum absolute atomic E-state index is 0.105. The Labute approximate surface area is 144 Å². The monoisotopic (exact) mass is 360 g/mol. The van der Waals surface area contributed by atoms with Crippen LogP contribution in [0, 0.1) is 0 Å². The summed E-state index contributed by atoms with van der Waals surface area (Å²) >= 11 is 0. The molecule has 8 heteroatoms. The molecule has 1 heterocycles. The molecule has 130 valence electrons. The van der Waals surface area contributed by atoms with E-state index in [9.17, 15) is 18.0 Å². The lowest BCUT2D eigenvalue weighted by molar-refractivity contribution is -0.124. The summed E-state index contributed by atoms with van der Waals surface area (Å²) in [5, 5.41) is 7.76. The molecular weight excluding hydrogens is 344 g/mol. The largest absolute Gasteiger partial charge is 0.449 e. The number of para-hydroxylation sites is 1. The first-order valence-electron chi connectivity index (χ1n) is 7.57. The summed E-state index contributed by atoms with van der Waals surface area (Å²) in [5.74, 6) is -1.09. The average Bonchev–Trinajstić information content (AvgIpc) is 2.73. The Bertz CT molecular complexity index is 922. The van der Waals surface area contributed by atoms with Crippen LogP contribution < -0.4 is 10.5 Å². The van der Waals surface area contributed by atoms with Crippen LogP contribution in [-0.2, 0) is 26.0 Å². The second-order valence-corrected chi connectivity index (χ2v) is 7.21. The van der Waals surface area contributed by atoms with Crippen LogP contribution >= 0.6 is 0 Å². The maximum atomic E-state index is 12.2. The van der Waals surface area contributed by atoms with E-state index >= 15 is 0 Å². The van der Waals surface area contributed by atoms with E-state index < -0.39 is 22.1 Å². The van der Waals surface area contributed by atoms with Crippen molar-refractivity contribution in [3.8, 4) is 0 Å². The number of hydrogen-bond donors (Lipinski definition) is 2. The van der Waals surface area contributed by atoms with E-state index in [0.717, 1.165) is 5.56 Å². The zero-order valence-corrected chi connectivity index (χ0v) is 14.0. The molecule has 25 heavy (non-hydrogen) atoms. The molecule has 3 N–H and O–H groups in total. The van der Waals surface area contributed by atoms with E-state index in [1.807, 2.05) is 18.2 Å². The first-order chi connectivity index (χ1) is 11.8. The summed E-state index contributed by atoms with van der Waals surface area (Å²) in [6.45, 7) is 0. The van der Waals surface area contributed by atoms with Gasteiger partial charge in [-0.1, -0.05) is 18.2 Å². The number of anilines is 1. The smallest absolute Gasteiger partial charge is 0.338 e. The Balaban J connectivity index is 1.72. The number of primary sulfonamides is 1. The fourth-order valence-corrected chi connectivity index (χ4v) is 3.10. The summed E-state index contributed by atoms with van der Waals surface area (Å²) in [6.07, 6.45) is 0.0407. The SMILES string of the molecule is NS(=O)(=O)c1ccc(C(=O)OC2CCc3ccccc3NC2=O)cc1. The number of amides is 1. The number of nitrogens with two attached hydrogens (primary N) is 1. The van der Waals surface area contributed by atoms with E-state index in [4.69, 9.17) is 9.88 Å². The fraction of sp³-hybridized carbons (Fsp3) is 0.176. The van der Waals surface area contributed by atoms with Gasteiger partial charge in [-0.25, -0.2) is 18.4 Å². The Hall–Kier alpha value is -2.71. The molecule has 3 rings (SSSR count). The summed E-state index contributed by atoms with van der Waals surface area (Å²) in [6, 6.07) is 12.4. The minimum atomic E-state index is -3.83. The van der Waals surface area contributed by atoms with Gasteiger partial charge in [0.1, 0.15) is 0 Å². The number of aryl methyl sites for hydroxylation is 1. The van der Waals surface area contributed by atoms with Crippen molar-refractivity contribution in [1.29, 1.82) is 0 Å². The quantitative estimate of drug-likeness (QED) is 0.804. The first kappa shape index (κ1) is 17.1. The predicted octanol–water partition coefficient (Wildman–Crippen LogP) is 1.44. The molecule has 0 aliphatic carbocycles. The van der Waals surface area contributed by atoms with Crippen LogP contribution in [-0.4, -0.2) is 26.4 Å². The van der Waals surface area contributed by atoms with Gasteiger partial charge >= 0.3 is 5.97 Å². The fourth-order valence-electron chi connectivity index (χ4n) is 2.58. The molecule has 0 bridgehead atoms. The lowest BCUT2D eigenvalue weighted by Crippen LogP contribution is -2.31. The first-order valence-corrected chi connectivity index (χ1v) is 9.12. The molecule has 7 nitrogen and oxygen atoms in total. The van der Waals surface area contributed by atoms with E-state index in [2.05, 4.69) is 5.32 Å². The molecule has 2 aromatic rings. The van der Waals surface area contributed by atoms with Gasteiger partial charge in [0.2, 0.25) is 10.0 Å². The Morgan fingerprint density at radius 3 is 2.48 bits per heavy atom. The van der Waals surface area contributed by atoms with Crippen LogP contribution in [0.4, 0.5) is 5.69 Å². The van der Waals surface area contributed by atoms with Crippen molar-refractivity contribution in [2.24, 2.45) is 5.14 Å². The average molecular weight is 360 g/mol. The molecule has 2 aromatic carbocycles. The highest BCUT2D eigenvalue weighted by Crippen LogP contribution is 2.23. The van der Waals surface area contributed by atoms with Gasteiger partial charge in [0.05, 0.1) is 10.5 Å². The van der Waals surface area contributed by atoms with Gasteiger partial charge in [-0.3, -0.25) is 4.79 Å². The number of esters is 1. The molecule has 0 aromatic heterocycles. The van der Waals surface area contributed by atoms with Crippen molar-refractivity contribution < 1.29 is 22.7 Å². The van der Waals surface area contributed by atoms with Gasteiger partial charge in [-0.05, 0) is 48.7 Å². The van der Waals surface area contributed by atoms with Gasteiger partial charge in [-0.2, -0.15) is 0 Å². The van der Waals surface area contributed by atoms with Gasteiger partial charge in [-0.15, -0.1) is 0 Å². The number of rotatable bonds is 3. The minimum Gasteiger partial charge on any atom is -0.449 e. The third kappa shape index (κ3) is 3.86. The number of hydrogen-bond acceptors (Lipinski definition) is 5. The number of carbonyl (C=O) groups is 2. The Morgan fingerprint density at radius 2 is 1.80 bits per heavy atom. The predicted molar refractivity (Wildman–Crippen MR) is 90.4 cm³/mol. The van der Waals surface area contributed by atoms with E-state index in [1.165, 1.54) is 24.3 Å². The lowest BCUT2D eigenvalue weighted by Gasteiger charge is -2.14. The molecule has 0 saturated heterocycles. The van der Waals surface area contributed by atoms with Crippen LogP contribution in [0.1, 0.15) is 22.3 Å². The van der Waals surface area contributed by atoms with Crippen molar-refractivity contribution in [3.05, 3.63) is 59.7 Å². The zero-order valence-electron chi connectivity index (χ0n) is 13.1. The van der Waals surface area contributed by atoms with Crippen LogP contribution in [0.3, 0.4) is 0 Å². The highest BCUT2D eigenvalue weighted by molar-refractivity contribution is 7.89. The van der Waals surface area contributed by atoms with Crippen LogP contribution in [0.25, 0.3) is 0 Å². The molecule has 1 atom stereocenters. The van der Waals surface area contributed by atoms with E-state index in [1.54, 1.807) is 6.07 Å². The number of sulfonamides is 1. The molecule has 0 spiro atoms. The molecule has 0 radical (unpaired) electrons. The van der Waals surface area contributed by atoms with E-state index in [0.29, 0.717) is 18.5 Å². The summed E-state index contributed by atoms with van der Waals surface area (Å²) in [7, 11) is -3.83.